The number of nitrogens with zero attached hydrogens (tertiary/aromatic N) is 1. The molecule has 0 amide bonds. The van der Waals surface area contributed by atoms with Crippen LogP contribution in [0.15, 0.2) is 224 Å². The second kappa shape index (κ2) is 13.4. The first-order valence-corrected chi connectivity index (χ1v) is 21.4. The van der Waals surface area contributed by atoms with E-state index in [-0.39, 0.29) is 11.8 Å². The summed E-state index contributed by atoms with van der Waals surface area (Å²) in [4.78, 5) is 0. The summed E-state index contributed by atoms with van der Waals surface area (Å²) in [6, 6.07) is 83.8. The summed E-state index contributed by atoms with van der Waals surface area (Å²) in [5, 5.41) is 5.02. The van der Waals surface area contributed by atoms with E-state index in [2.05, 4.69) is 229 Å². The van der Waals surface area contributed by atoms with Gasteiger partial charge in [0.25, 0.3) is 0 Å². The van der Waals surface area contributed by atoms with Crippen LogP contribution in [-0.4, -0.2) is 4.57 Å². The lowest BCUT2D eigenvalue weighted by molar-refractivity contribution is 0.996. The third-order valence-corrected chi connectivity index (χ3v) is 13.5. The molecule has 1 heteroatoms. The van der Waals surface area contributed by atoms with E-state index in [1.165, 1.54) is 116 Å². The SMILES string of the molecule is c1ccc(-c2cccc(C3c4ccc(-c5ccc6c(c5)c5ccccc5n6-c5ccc6ccccc6c5)cc4-c4c3ccc3c4C(c4ccccc4)c4ccccc4-3)c2)cc1. The minimum atomic E-state index is 0.107. The lowest BCUT2D eigenvalue weighted by Crippen LogP contribution is -2.03. The summed E-state index contributed by atoms with van der Waals surface area (Å²) >= 11 is 0. The van der Waals surface area contributed by atoms with Crippen molar-refractivity contribution in [2.45, 2.75) is 11.8 Å². The molecule has 0 radical (unpaired) electrons. The Bertz CT molecular complexity index is 3540. The van der Waals surface area contributed by atoms with Gasteiger partial charge in [0.15, 0.2) is 0 Å². The Balaban J connectivity index is 1.02. The maximum absolute atomic E-state index is 2.50. The molecule has 61 heavy (non-hydrogen) atoms. The lowest BCUT2D eigenvalue weighted by Gasteiger charge is -2.19. The zero-order valence-electron chi connectivity index (χ0n) is 33.5. The highest BCUT2D eigenvalue weighted by Crippen LogP contribution is 2.59. The first-order chi connectivity index (χ1) is 30.3. The average Bonchev–Trinajstić information content (AvgIpc) is 3.97. The van der Waals surface area contributed by atoms with E-state index in [4.69, 9.17) is 0 Å². The second-order valence-electron chi connectivity index (χ2n) is 16.8. The minimum Gasteiger partial charge on any atom is -0.309 e. The van der Waals surface area contributed by atoms with Crippen molar-refractivity contribution in [2.75, 3.05) is 0 Å². The monoisotopic (exact) mass is 773 g/mol. The summed E-state index contributed by atoms with van der Waals surface area (Å²) in [6.45, 7) is 0. The standard InChI is InChI=1S/C60H39N/c1-3-14-38(15-4-1)41-20-13-21-45(34-41)57-51-30-27-43(37-54(51)59-52(57)32-31-50-47-22-9-10-24-49(47)58(60(50)59)40-17-5-2-6-18-40)44-28-33-56-53(36-44)48-23-11-12-25-55(48)61(56)46-29-26-39-16-7-8-19-42(39)35-46/h1-37,57-58H. The summed E-state index contributed by atoms with van der Waals surface area (Å²) in [6.07, 6.45) is 0. The number of aromatic nitrogens is 1. The zero-order chi connectivity index (χ0) is 40.0. The van der Waals surface area contributed by atoms with Crippen LogP contribution in [0.1, 0.15) is 45.2 Å². The maximum atomic E-state index is 2.50. The van der Waals surface area contributed by atoms with Crippen LogP contribution in [0.2, 0.25) is 0 Å². The molecule has 11 aromatic rings. The summed E-state index contributed by atoms with van der Waals surface area (Å²) in [5.74, 6) is 0.251. The molecule has 0 saturated carbocycles. The lowest BCUT2D eigenvalue weighted by atomic mass is 9.83. The van der Waals surface area contributed by atoms with Gasteiger partial charge in [-0.1, -0.05) is 188 Å². The third kappa shape index (κ3) is 5.20. The van der Waals surface area contributed by atoms with Crippen LogP contribution in [0.4, 0.5) is 0 Å². The molecule has 284 valence electrons. The summed E-state index contributed by atoms with van der Waals surface area (Å²) in [7, 11) is 0. The summed E-state index contributed by atoms with van der Waals surface area (Å²) < 4.78 is 2.43. The first-order valence-electron chi connectivity index (χ1n) is 21.4. The average molecular weight is 774 g/mol. The van der Waals surface area contributed by atoms with Gasteiger partial charge in [0.05, 0.1) is 11.0 Å². The third-order valence-electron chi connectivity index (χ3n) is 13.5. The molecule has 0 bridgehead atoms. The van der Waals surface area contributed by atoms with E-state index in [0.29, 0.717) is 0 Å². The fourth-order valence-corrected chi connectivity index (χ4v) is 10.9. The number of hydrogen-bond donors (Lipinski definition) is 0. The van der Waals surface area contributed by atoms with Crippen molar-refractivity contribution in [1.29, 1.82) is 0 Å². The fraction of sp³-hybridized carbons (Fsp3) is 0.0333. The molecule has 2 aliphatic carbocycles. The van der Waals surface area contributed by atoms with Gasteiger partial charge < -0.3 is 4.57 Å². The van der Waals surface area contributed by atoms with E-state index in [9.17, 15) is 0 Å². The second-order valence-corrected chi connectivity index (χ2v) is 16.8. The van der Waals surface area contributed by atoms with E-state index >= 15 is 0 Å². The minimum absolute atomic E-state index is 0.107. The summed E-state index contributed by atoms with van der Waals surface area (Å²) in [5.41, 5.74) is 22.2. The van der Waals surface area contributed by atoms with Gasteiger partial charge in [0, 0.05) is 28.3 Å². The molecule has 2 aliphatic rings. The molecule has 2 unspecified atom stereocenters. The number of para-hydroxylation sites is 1. The molecule has 1 nitrogen and oxygen atoms in total. The van der Waals surface area contributed by atoms with Crippen molar-refractivity contribution >= 4 is 32.6 Å². The van der Waals surface area contributed by atoms with E-state index in [1.54, 1.807) is 0 Å². The zero-order valence-corrected chi connectivity index (χ0v) is 33.5. The molecule has 0 fully saturated rings. The number of fused-ring (bicyclic) bond motifs is 11. The van der Waals surface area contributed by atoms with Gasteiger partial charge in [0.2, 0.25) is 0 Å². The van der Waals surface area contributed by atoms with Crippen molar-refractivity contribution in [3.05, 3.63) is 258 Å². The number of benzene rings is 10. The number of hydrogen-bond acceptors (Lipinski definition) is 0. The van der Waals surface area contributed by atoms with Crippen LogP contribution in [0.5, 0.6) is 0 Å². The van der Waals surface area contributed by atoms with Crippen LogP contribution in [0.3, 0.4) is 0 Å². The molecular formula is C60H39N. The van der Waals surface area contributed by atoms with Crippen LogP contribution in [-0.2, 0) is 0 Å². The largest absolute Gasteiger partial charge is 0.309 e. The molecule has 0 spiro atoms. The fourth-order valence-electron chi connectivity index (χ4n) is 10.9. The van der Waals surface area contributed by atoms with Gasteiger partial charge in [-0.3, -0.25) is 0 Å². The quantitative estimate of drug-likeness (QED) is 0.164. The van der Waals surface area contributed by atoms with E-state index < -0.39 is 0 Å². The van der Waals surface area contributed by atoms with Gasteiger partial charge in [-0.05, 0) is 125 Å². The Labute approximate surface area is 355 Å². The van der Waals surface area contributed by atoms with Gasteiger partial charge in [0.1, 0.15) is 0 Å². The highest BCUT2D eigenvalue weighted by Gasteiger charge is 2.39. The van der Waals surface area contributed by atoms with Crippen LogP contribution < -0.4 is 0 Å². The van der Waals surface area contributed by atoms with Crippen LogP contribution >= 0.6 is 0 Å². The van der Waals surface area contributed by atoms with E-state index in [0.717, 1.165) is 0 Å². The smallest absolute Gasteiger partial charge is 0.0541 e. The van der Waals surface area contributed by atoms with Crippen LogP contribution in [0, 0.1) is 0 Å². The molecule has 0 N–H and O–H groups in total. The van der Waals surface area contributed by atoms with Gasteiger partial charge in [-0.2, -0.15) is 0 Å². The van der Waals surface area contributed by atoms with E-state index in [1.807, 2.05) is 0 Å². The highest BCUT2D eigenvalue weighted by atomic mass is 15.0. The Kier molecular flexibility index (Phi) is 7.50. The Morgan fingerprint density at radius 3 is 1.87 bits per heavy atom. The Morgan fingerprint density at radius 1 is 0.311 bits per heavy atom. The van der Waals surface area contributed by atoms with Crippen molar-refractivity contribution in [3.63, 3.8) is 0 Å². The topological polar surface area (TPSA) is 4.93 Å². The van der Waals surface area contributed by atoms with Crippen molar-refractivity contribution in [3.8, 4) is 50.2 Å². The molecular weight excluding hydrogens is 735 g/mol. The maximum Gasteiger partial charge on any atom is 0.0541 e. The molecule has 1 aromatic heterocycles. The highest BCUT2D eigenvalue weighted by molar-refractivity contribution is 6.11. The van der Waals surface area contributed by atoms with Gasteiger partial charge >= 0.3 is 0 Å². The molecule has 2 atom stereocenters. The van der Waals surface area contributed by atoms with Crippen molar-refractivity contribution in [1.82, 2.24) is 4.57 Å². The molecule has 10 aromatic carbocycles. The Hall–Kier alpha value is -7.74. The Morgan fingerprint density at radius 2 is 0.967 bits per heavy atom. The molecule has 0 saturated heterocycles. The predicted octanol–water partition coefficient (Wildman–Crippen LogP) is 15.6. The number of rotatable bonds is 5. The molecule has 1 heterocycles. The first kappa shape index (κ1) is 34.2. The van der Waals surface area contributed by atoms with Crippen molar-refractivity contribution in [2.24, 2.45) is 0 Å². The normalized spacial score (nSPS) is 14.9. The van der Waals surface area contributed by atoms with Crippen molar-refractivity contribution < 1.29 is 0 Å². The van der Waals surface area contributed by atoms with Gasteiger partial charge in [-0.15, -0.1) is 0 Å². The molecule has 13 rings (SSSR count). The molecule has 0 aliphatic heterocycles. The predicted molar refractivity (Wildman–Crippen MR) is 255 cm³/mol. The van der Waals surface area contributed by atoms with Gasteiger partial charge in [-0.25, -0.2) is 0 Å². The van der Waals surface area contributed by atoms with Crippen LogP contribution in [0.25, 0.3) is 82.8 Å².